The van der Waals surface area contributed by atoms with E-state index in [4.69, 9.17) is 14.6 Å². The number of hydrogen-bond donors (Lipinski definition) is 2. The number of rotatable bonds is 7. The molecule has 0 aromatic heterocycles. The number of phenols is 1. The van der Waals surface area contributed by atoms with Gasteiger partial charge in [0, 0.05) is 49.4 Å². The van der Waals surface area contributed by atoms with E-state index in [9.17, 15) is 18.3 Å². The maximum Gasteiger partial charge on any atom is 0.150 e. The van der Waals surface area contributed by atoms with Crippen molar-refractivity contribution in [1.82, 2.24) is 4.90 Å². The summed E-state index contributed by atoms with van der Waals surface area (Å²) in [6, 6.07) is 15.6. The summed E-state index contributed by atoms with van der Waals surface area (Å²) in [6.45, 7) is 6.30. The fraction of sp³-hybridized carbons (Fsp3) is 0.333. The predicted octanol–water partition coefficient (Wildman–Crippen LogP) is 6.01. The van der Waals surface area contributed by atoms with E-state index in [2.05, 4.69) is 4.90 Å². The van der Waals surface area contributed by atoms with Crippen LogP contribution in [0.5, 0.6) is 17.2 Å². The van der Waals surface area contributed by atoms with Gasteiger partial charge in [-0.15, -0.1) is 0 Å². The Labute approximate surface area is 220 Å². The van der Waals surface area contributed by atoms with E-state index in [-0.39, 0.29) is 24.9 Å². The first-order chi connectivity index (χ1) is 18.3. The van der Waals surface area contributed by atoms with Gasteiger partial charge < -0.3 is 19.7 Å². The van der Waals surface area contributed by atoms with Crippen LogP contribution < -0.4 is 9.47 Å². The minimum absolute atomic E-state index is 0.0786. The van der Waals surface area contributed by atoms with Crippen LogP contribution in [-0.2, 0) is 0 Å². The third-order valence-corrected chi connectivity index (χ3v) is 6.56. The molecule has 1 fully saturated rings. The first-order valence-electron chi connectivity index (χ1n) is 12.6. The molecule has 0 saturated carbocycles. The second kappa shape index (κ2) is 12.4. The van der Waals surface area contributed by atoms with Crippen molar-refractivity contribution in [3.8, 4) is 17.2 Å². The van der Waals surface area contributed by atoms with Crippen LogP contribution in [0.1, 0.15) is 36.6 Å². The summed E-state index contributed by atoms with van der Waals surface area (Å²) in [5.74, 6) is 0.143. The van der Waals surface area contributed by atoms with Gasteiger partial charge in [0.15, 0.2) is 0 Å². The highest BCUT2D eigenvalue weighted by Gasteiger charge is 2.30. The van der Waals surface area contributed by atoms with E-state index < -0.39 is 17.7 Å². The predicted molar refractivity (Wildman–Crippen MR) is 141 cm³/mol. The third kappa shape index (κ3) is 6.31. The SMILES string of the molecule is CC1=C(c2cc(F)cc(F)c2)C(c2ccc(OCCN3CC(CF)C3)cc2)Oc2ccc(O)cc21.CCO. The maximum absolute atomic E-state index is 14.1. The summed E-state index contributed by atoms with van der Waals surface area (Å²) in [5, 5.41) is 17.6. The Balaban J connectivity index is 0.00000107. The highest BCUT2D eigenvalue weighted by molar-refractivity contribution is 5.95. The van der Waals surface area contributed by atoms with Gasteiger partial charge in [-0.3, -0.25) is 9.29 Å². The molecule has 8 heteroatoms. The smallest absolute Gasteiger partial charge is 0.150 e. The quantitative estimate of drug-likeness (QED) is 0.394. The summed E-state index contributed by atoms with van der Waals surface area (Å²) < 4.78 is 52.9. The molecule has 5 nitrogen and oxygen atoms in total. The van der Waals surface area contributed by atoms with Gasteiger partial charge in [-0.25, -0.2) is 8.78 Å². The molecule has 1 saturated heterocycles. The first-order valence-corrected chi connectivity index (χ1v) is 12.6. The molecule has 2 heterocycles. The van der Waals surface area contributed by atoms with Crippen molar-refractivity contribution >= 4 is 11.1 Å². The fourth-order valence-corrected chi connectivity index (χ4v) is 4.74. The minimum atomic E-state index is -0.676. The number of aliphatic hydroxyl groups is 1. The van der Waals surface area contributed by atoms with Crippen molar-refractivity contribution in [3.05, 3.63) is 89.0 Å². The van der Waals surface area contributed by atoms with Crippen molar-refractivity contribution in [3.63, 3.8) is 0 Å². The van der Waals surface area contributed by atoms with Gasteiger partial charge in [0.25, 0.3) is 0 Å². The standard InChI is InChI=1S/C28H26F3NO3.C2H6O/c1-17-25-13-23(33)4-7-26(25)35-28(27(17)20-10-21(30)12-22(31)11-20)19-2-5-24(6-3-19)34-9-8-32-15-18(14-29)16-32;1-2-3/h2-7,10-13,18,28,33H,8-9,14-16H2,1H3;3H,2H2,1H3. The fourth-order valence-electron chi connectivity index (χ4n) is 4.74. The van der Waals surface area contributed by atoms with Gasteiger partial charge in [0.05, 0.1) is 6.67 Å². The van der Waals surface area contributed by atoms with Crippen molar-refractivity contribution in [2.45, 2.75) is 20.0 Å². The molecule has 2 aliphatic rings. The number of allylic oxidation sites excluding steroid dienone is 1. The molecule has 0 radical (unpaired) electrons. The van der Waals surface area contributed by atoms with Crippen LogP contribution in [0.15, 0.2) is 60.7 Å². The lowest BCUT2D eigenvalue weighted by Crippen LogP contribution is -2.49. The van der Waals surface area contributed by atoms with E-state index in [1.54, 1.807) is 25.1 Å². The normalized spacial score (nSPS) is 17.2. The molecule has 5 rings (SSSR count). The van der Waals surface area contributed by atoms with Crippen LogP contribution in [0.4, 0.5) is 13.2 Å². The lowest BCUT2D eigenvalue weighted by Gasteiger charge is -2.37. The number of nitrogens with zero attached hydrogens (tertiary/aromatic N) is 1. The number of alkyl halides is 1. The van der Waals surface area contributed by atoms with Crippen molar-refractivity contribution in [2.75, 3.05) is 39.5 Å². The van der Waals surface area contributed by atoms with Crippen molar-refractivity contribution in [1.29, 1.82) is 0 Å². The Hall–Kier alpha value is -3.49. The van der Waals surface area contributed by atoms with E-state index in [1.165, 1.54) is 12.1 Å². The monoisotopic (exact) mass is 527 g/mol. The number of likely N-dealkylation sites (tertiary alicyclic amines) is 1. The van der Waals surface area contributed by atoms with Crippen LogP contribution in [0.25, 0.3) is 11.1 Å². The van der Waals surface area contributed by atoms with Crippen LogP contribution in [-0.4, -0.2) is 54.6 Å². The highest BCUT2D eigenvalue weighted by atomic mass is 19.1. The average molecular weight is 528 g/mol. The molecule has 38 heavy (non-hydrogen) atoms. The summed E-state index contributed by atoms with van der Waals surface area (Å²) in [4.78, 5) is 2.15. The molecular weight excluding hydrogens is 495 g/mol. The van der Waals surface area contributed by atoms with Crippen LogP contribution in [0, 0.1) is 17.6 Å². The average Bonchev–Trinajstić information content (AvgIpc) is 2.86. The zero-order valence-electron chi connectivity index (χ0n) is 21.5. The van der Waals surface area contributed by atoms with Crippen LogP contribution in [0.2, 0.25) is 0 Å². The van der Waals surface area contributed by atoms with E-state index >= 15 is 0 Å². The molecule has 0 spiro atoms. The molecule has 2 N–H and O–H groups in total. The van der Waals surface area contributed by atoms with Gasteiger partial charge in [-0.1, -0.05) is 12.1 Å². The van der Waals surface area contributed by atoms with E-state index in [0.29, 0.717) is 34.8 Å². The molecular formula is C30H32F3NO4. The van der Waals surface area contributed by atoms with Gasteiger partial charge in [0.2, 0.25) is 0 Å². The number of phenolic OH excluding ortho intramolecular Hbond substituents is 1. The van der Waals surface area contributed by atoms with Gasteiger partial charge >= 0.3 is 0 Å². The highest BCUT2D eigenvalue weighted by Crippen LogP contribution is 2.47. The third-order valence-electron chi connectivity index (χ3n) is 6.56. The first kappa shape index (κ1) is 27.5. The number of aromatic hydroxyl groups is 1. The molecule has 0 bridgehead atoms. The molecule has 0 amide bonds. The van der Waals surface area contributed by atoms with Crippen molar-refractivity contribution < 1.29 is 32.9 Å². The Morgan fingerprint density at radius 2 is 1.66 bits per heavy atom. The lowest BCUT2D eigenvalue weighted by atomic mass is 9.86. The molecule has 3 aromatic carbocycles. The molecule has 202 valence electrons. The second-order valence-electron chi connectivity index (χ2n) is 9.39. The molecule has 3 aromatic rings. The Morgan fingerprint density at radius 1 is 1.00 bits per heavy atom. The molecule has 2 aliphatic heterocycles. The summed E-state index contributed by atoms with van der Waals surface area (Å²) in [5.41, 5.74) is 3.22. The Kier molecular flexibility index (Phi) is 8.97. The molecule has 1 atom stereocenters. The van der Waals surface area contributed by atoms with Crippen LogP contribution >= 0.6 is 0 Å². The van der Waals surface area contributed by atoms with E-state index in [1.807, 2.05) is 31.2 Å². The minimum Gasteiger partial charge on any atom is -0.508 e. The summed E-state index contributed by atoms with van der Waals surface area (Å²) >= 11 is 0. The largest absolute Gasteiger partial charge is 0.508 e. The molecule has 1 unspecified atom stereocenters. The van der Waals surface area contributed by atoms with Gasteiger partial charge in [0.1, 0.15) is 41.6 Å². The number of ether oxygens (including phenoxy) is 2. The number of hydrogen-bond acceptors (Lipinski definition) is 5. The van der Waals surface area contributed by atoms with Gasteiger partial charge in [-0.05, 0) is 73.0 Å². The number of halogens is 3. The number of aliphatic hydroxyl groups excluding tert-OH is 1. The molecule has 0 aliphatic carbocycles. The van der Waals surface area contributed by atoms with Crippen LogP contribution in [0.3, 0.4) is 0 Å². The number of benzene rings is 3. The topological polar surface area (TPSA) is 62.2 Å². The zero-order valence-corrected chi connectivity index (χ0v) is 21.5. The lowest BCUT2D eigenvalue weighted by molar-refractivity contribution is 0.0668. The van der Waals surface area contributed by atoms with Gasteiger partial charge in [-0.2, -0.15) is 0 Å². The Morgan fingerprint density at radius 3 is 2.29 bits per heavy atom. The number of fused-ring (bicyclic) bond motifs is 1. The van der Waals surface area contributed by atoms with E-state index in [0.717, 1.165) is 36.8 Å². The summed E-state index contributed by atoms with van der Waals surface area (Å²) in [6.07, 6.45) is -0.610. The zero-order chi connectivity index (χ0) is 27.2. The second-order valence-corrected chi connectivity index (χ2v) is 9.39. The van der Waals surface area contributed by atoms with Crippen molar-refractivity contribution in [2.24, 2.45) is 5.92 Å². The Bertz CT molecular complexity index is 1250. The summed E-state index contributed by atoms with van der Waals surface area (Å²) in [7, 11) is 0. The maximum atomic E-state index is 14.1.